The van der Waals surface area contributed by atoms with Crippen LogP contribution in [-0.2, 0) is 0 Å². The first-order chi connectivity index (χ1) is 11.3. The van der Waals surface area contributed by atoms with Gasteiger partial charge in [-0.2, -0.15) is 0 Å². The van der Waals surface area contributed by atoms with E-state index in [4.69, 9.17) is 0 Å². The average molecular weight is 346 g/mol. The molecule has 1 aromatic carbocycles. The smallest absolute Gasteiger partial charge is 0.274 e. The number of hydrogen-bond donors (Lipinski definition) is 0. The number of aryl methyl sites for hydroxylation is 1. The van der Waals surface area contributed by atoms with Gasteiger partial charge in [-0.05, 0) is 49.8 Å². The van der Waals surface area contributed by atoms with Gasteiger partial charge in [-0.3, -0.25) is 4.79 Å². The fourth-order valence-electron chi connectivity index (χ4n) is 3.31. The summed E-state index contributed by atoms with van der Waals surface area (Å²) < 4.78 is 13.2. The molecule has 0 aliphatic carbocycles. The second-order valence-corrected chi connectivity index (χ2v) is 8.39. The number of thiazole rings is 1. The lowest BCUT2D eigenvalue weighted by molar-refractivity contribution is 0.0335. The highest BCUT2D eigenvalue weighted by molar-refractivity contribution is 7.15. The van der Waals surface area contributed by atoms with E-state index in [2.05, 4.69) is 25.8 Å². The Kier molecular flexibility index (Phi) is 4.47. The largest absolute Gasteiger partial charge is 0.334 e. The highest BCUT2D eigenvalue weighted by Crippen LogP contribution is 2.37. The maximum atomic E-state index is 13.2. The van der Waals surface area contributed by atoms with Crippen LogP contribution in [0.3, 0.4) is 0 Å². The Morgan fingerprint density at radius 3 is 2.67 bits per heavy atom. The summed E-state index contributed by atoms with van der Waals surface area (Å²) in [7, 11) is 0. The van der Waals surface area contributed by atoms with Crippen LogP contribution in [0, 0.1) is 18.2 Å². The Hall–Kier alpha value is -1.75. The van der Waals surface area contributed by atoms with Crippen LogP contribution >= 0.6 is 11.3 Å². The van der Waals surface area contributed by atoms with Crippen LogP contribution in [0.1, 0.15) is 49.1 Å². The van der Waals surface area contributed by atoms with Gasteiger partial charge in [-0.15, -0.1) is 11.3 Å². The van der Waals surface area contributed by atoms with E-state index in [1.807, 2.05) is 11.8 Å². The Morgan fingerprint density at radius 1 is 1.33 bits per heavy atom. The first kappa shape index (κ1) is 17.1. The van der Waals surface area contributed by atoms with Crippen LogP contribution in [0.5, 0.6) is 0 Å². The molecule has 2 aromatic rings. The minimum Gasteiger partial charge on any atom is -0.334 e. The number of benzene rings is 1. The number of hydrogen-bond acceptors (Lipinski definition) is 3. The Bertz CT molecular complexity index is 751. The predicted octanol–water partition coefficient (Wildman–Crippen LogP) is 4.91. The van der Waals surface area contributed by atoms with Gasteiger partial charge in [-0.1, -0.05) is 26.0 Å². The highest BCUT2D eigenvalue weighted by Gasteiger charge is 2.38. The fraction of sp³-hybridized carbons (Fsp3) is 0.474. The molecule has 128 valence electrons. The van der Waals surface area contributed by atoms with Gasteiger partial charge in [0.05, 0.1) is 9.88 Å². The number of rotatable bonds is 2. The summed E-state index contributed by atoms with van der Waals surface area (Å²) in [5.74, 6) is -0.293. The molecule has 3 nitrogen and oxygen atoms in total. The van der Waals surface area contributed by atoms with Crippen molar-refractivity contribution in [1.29, 1.82) is 0 Å². The van der Waals surface area contributed by atoms with Crippen LogP contribution in [0.25, 0.3) is 10.4 Å². The van der Waals surface area contributed by atoms with Crippen molar-refractivity contribution in [1.82, 2.24) is 9.88 Å². The summed E-state index contributed by atoms with van der Waals surface area (Å²) in [5, 5.41) is 0.849. The van der Waals surface area contributed by atoms with Crippen molar-refractivity contribution in [2.45, 2.75) is 46.6 Å². The number of amides is 1. The monoisotopic (exact) mass is 346 g/mol. The molecule has 0 N–H and O–H groups in total. The maximum absolute atomic E-state index is 13.2. The molecule has 1 aliphatic rings. The van der Waals surface area contributed by atoms with Gasteiger partial charge in [0.1, 0.15) is 11.5 Å². The zero-order valence-electron chi connectivity index (χ0n) is 14.6. The molecule has 1 amide bonds. The third kappa shape index (κ3) is 3.09. The zero-order chi connectivity index (χ0) is 17.5. The maximum Gasteiger partial charge on any atom is 0.274 e. The summed E-state index contributed by atoms with van der Waals surface area (Å²) in [6.45, 7) is 9.21. The van der Waals surface area contributed by atoms with Crippen molar-refractivity contribution >= 4 is 17.2 Å². The van der Waals surface area contributed by atoms with E-state index in [0.717, 1.165) is 34.8 Å². The molecule has 1 aromatic heterocycles. The van der Waals surface area contributed by atoms with E-state index in [1.54, 1.807) is 12.1 Å². The lowest BCUT2D eigenvalue weighted by Gasteiger charge is -2.44. The third-order valence-corrected chi connectivity index (χ3v) is 6.14. The molecular weight excluding hydrogens is 323 g/mol. The summed E-state index contributed by atoms with van der Waals surface area (Å²) >= 11 is 1.49. The van der Waals surface area contributed by atoms with Crippen LogP contribution in [0.15, 0.2) is 24.3 Å². The number of carbonyl (C=O) groups excluding carboxylic acids is 1. The predicted molar refractivity (Wildman–Crippen MR) is 95.8 cm³/mol. The summed E-state index contributed by atoms with van der Waals surface area (Å²) in [6, 6.07) is 6.43. The molecule has 0 spiro atoms. The van der Waals surface area contributed by atoms with Gasteiger partial charge >= 0.3 is 0 Å². The lowest BCUT2D eigenvalue weighted by atomic mass is 9.77. The van der Waals surface area contributed by atoms with Gasteiger partial charge in [0.15, 0.2) is 0 Å². The van der Waals surface area contributed by atoms with Crippen LogP contribution < -0.4 is 0 Å². The van der Waals surface area contributed by atoms with Crippen molar-refractivity contribution in [3.8, 4) is 10.4 Å². The number of halogens is 1. The van der Waals surface area contributed by atoms with Gasteiger partial charge < -0.3 is 4.90 Å². The van der Waals surface area contributed by atoms with Gasteiger partial charge in [0.2, 0.25) is 0 Å². The van der Waals surface area contributed by atoms with Crippen molar-refractivity contribution in [3.05, 3.63) is 40.8 Å². The van der Waals surface area contributed by atoms with Crippen molar-refractivity contribution in [2.75, 3.05) is 6.54 Å². The summed E-state index contributed by atoms with van der Waals surface area (Å²) in [5.41, 5.74) is 1.44. The quantitative estimate of drug-likeness (QED) is 0.774. The van der Waals surface area contributed by atoms with Gasteiger partial charge in [-0.25, -0.2) is 9.37 Å². The standard InChI is InChI=1S/C19H23FN2OS/c1-12-19(3,4)10-5-11-22(12)18(23)16-17(24-13(2)21-16)14-6-8-15(20)9-7-14/h6-9,12H,5,10-11H2,1-4H3. The van der Waals surface area contributed by atoms with Crippen molar-refractivity contribution in [2.24, 2.45) is 5.41 Å². The lowest BCUT2D eigenvalue weighted by Crippen LogP contribution is -2.50. The summed E-state index contributed by atoms with van der Waals surface area (Å²) in [6.07, 6.45) is 2.14. The topological polar surface area (TPSA) is 33.2 Å². The Morgan fingerprint density at radius 2 is 2.00 bits per heavy atom. The van der Waals surface area contributed by atoms with E-state index < -0.39 is 0 Å². The van der Waals surface area contributed by atoms with Crippen LogP contribution in [0.4, 0.5) is 4.39 Å². The SMILES string of the molecule is Cc1nc(C(=O)N2CCCC(C)(C)C2C)c(-c2ccc(F)cc2)s1. The van der Waals surface area contributed by atoms with E-state index in [0.29, 0.717) is 5.69 Å². The second kappa shape index (κ2) is 6.28. The first-order valence-electron chi connectivity index (χ1n) is 8.34. The fourth-order valence-corrected chi connectivity index (χ4v) is 4.23. The molecule has 24 heavy (non-hydrogen) atoms. The van der Waals surface area contributed by atoms with Gasteiger partial charge in [0, 0.05) is 12.6 Å². The molecule has 1 saturated heterocycles. The molecule has 5 heteroatoms. The van der Waals surface area contributed by atoms with E-state index >= 15 is 0 Å². The van der Waals surface area contributed by atoms with Crippen LogP contribution in [0.2, 0.25) is 0 Å². The molecule has 1 atom stereocenters. The number of nitrogens with zero attached hydrogens (tertiary/aromatic N) is 2. The van der Waals surface area contributed by atoms with Crippen molar-refractivity contribution in [3.63, 3.8) is 0 Å². The molecule has 2 heterocycles. The number of aromatic nitrogens is 1. The highest BCUT2D eigenvalue weighted by atomic mass is 32.1. The second-order valence-electron chi connectivity index (χ2n) is 7.18. The first-order valence-corrected chi connectivity index (χ1v) is 9.15. The Balaban J connectivity index is 1.97. The number of piperidine rings is 1. The Labute approximate surface area is 146 Å². The minimum atomic E-state index is -0.278. The number of carbonyl (C=O) groups is 1. The normalized spacial score (nSPS) is 20.2. The molecule has 0 saturated carbocycles. The minimum absolute atomic E-state index is 0.0149. The molecular formula is C19H23FN2OS. The zero-order valence-corrected chi connectivity index (χ0v) is 15.4. The van der Waals surface area contributed by atoms with Crippen LogP contribution in [-0.4, -0.2) is 28.4 Å². The van der Waals surface area contributed by atoms with E-state index in [9.17, 15) is 9.18 Å². The molecule has 0 bridgehead atoms. The molecule has 0 radical (unpaired) electrons. The van der Waals surface area contributed by atoms with Gasteiger partial charge in [0.25, 0.3) is 5.91 Å². The van der Waals surface area contributed by atoms with E-state index in [-0.39, 0.29) is 23.2 Å². The summed E-state index contributed by atoms with van der Waals surface area (Å²) in [4.78, 5) is 20.4. The van der Waals surface area contributed by atoms with Crippen molar-refractivity contribution < 1.29 is 9.18 Å². The average Bonchev–Trinajstić information content (AvgIpc) is 2.92. The molecule has 1 aliphatic heterocycles. The molecule has 1 fully saturated rings. The third-order valence-electron chi connectivity index (χ3n) is 5.12. The molecule has 3 rings (SSSR count). The number of likely N-dealkylation sites (tertiary alicyclic amines) is 1. The van der Waals surface area contributed by atoms with E-state index in [1.165, 1.54) is 23.5 Å². The molecule has 1 unspecified atom stereocenters.